The van der Waals surface area contributed by atoms with Gasteiger partial charge in [0, 0.05) is 19.0 Å². The fourth-order valence-corrected chi connectivity index (χ4v) is 5.55. The van der Waals surface area contributed by atoms with E-state index in [2.05, 4.69) is 57.2 Å². The van der Waals surface area contributed by atoms with Crippen molar-refractivity contribution in [1.82, 2.24) is 14.7 Å². The van der Waals surface area contributed by atoms with Gasteiger partial charge in [-0.25, -0.2) is 4.39 Å². The third-order valence-electron chi connectivity index (χ3n) is 3.66. The summed E-state index contributed by atoms with van der Waals surface area (Å²) in [6, 6.07) is 0.161. The van der Waals surface area contributed by atoms with E-state index in [1.54, 1.807) is 6.92 Å². The van der Waals surface area contributed by atoms with Gasteiger partial charge in [0.2, 0.25) is 0 Å². The number of alkyl halides is 2. The van der Waals surface area contributed by atoms with Crippen LogP contribution in [0.5, 0.6) is 0 Å². The van der Waals surface area contributed by atoms with E-state index in [1.165, 1.54) is 0 Å². The molecule has 0 saturated carbocycles. The van der Waals surface area contributed by atoms with Crippen molar-refractivity contribution >= 4 is 45.2 Å². The van der Waals surface area contributed by atoms with Gasteiger partial charge in [-0.15, -0.1) is 0 Å². The minimum Gasteiger partial charge on any atom is -0.271 e. The minimum absolute atomic E-state index is 0.135. The minimum atomic E-state index is -1.45. The molecule has 0 aliphatic carbocycles. The molecule has 0 radical (unpaired) electrons. The van der Waals surface area contributed by atoms with E-state index >= 15 is 4.39 Å². The Kier molecular flexibility index (Phi) is 4.02. The number of nitrogens with zero attached hydrogens (tertiary/aromatic N) is 3. The Labute approximate surface area is 135 Å². The molecule has 1 aliphatic rings. The molecule has 0 aromatic carbocycles. The van der Waals surface area contributed by atoms with Gasteiger partial charge in [-0.05, 0) is 43.4 Å². The molecule has 0 fully saturated rings. The summed E-state index contributed by atoms with van der Waals surface area (Å²) in [5.41, 5.74) is 1.78. The second-order valence-corrected chi connectivity index (χ2v) is 7.59. The second-order valence-electron chi connectivity index (χ2n) is 5.29. The third-order valence-corrected chi connectivity index (χ3v) is 6.09. The first-order valence-electron chi connectivity index (χ1n) is 6.03. The zero-order chi connectivity index (χ0) is 13.8. The first-order valence-corrected chi connectivity index (χ1v) is 8.36. The van der Waals surface area contributed by atoms with E-state index in [0.717, 1.165) is 15.0 Å². The molecule has 0 bridgehead atoms. The van der Waals surface area contributed by atoms with Crippen LogP contribution in [-0.2, 0) is 12.8 Å². The van der Waals surface area contributed by atoms with Gasteiger partial charge in [0.05, 0.1) is 15.3 Å². The van der Waals surface area contributed by atoms with Crippen molar-refractivity contribution in [3.8, 4) is 0 Å². The van der Waals surface area contributed by atoms with Crippen LogP contribution in [0, 0.1) is 3.70 Å². The predicted molar refractivity (Wildman–Crippen MR) is 87.6 cm³/mol. The van der Waals surface area contributed by atoms with Crippen LogP contribution in [0.3, 0.4) is 0 Å². The van der Waals surface area contributed by atoms with Crippen molar-refractivity contribution in [2.24, 2.45) is 7.05 Å². The first kappa shape index (κ1) is 15.0. The average Bonchev–Trinajstić information content (AvgIpc) is 2.50. The summed E-state index contributed by atoms with van der Waals surface area (Å²) < 4.78 is 18.1. The largest absolute Gasteiger partial charge is 0.271 e. The van der Waals surface area contributed by atoms with Gasteiger partial charge in [0.15, 0.2) is 5.79 Å². The maximum absolute atomic E-state index is 15.3. The lowest BCUT2D eigenvalue weighted by atomic mass is 9.90. The Morgan fingerprint density at radius 2 is 2.00 bits per heavy atom. The smallest absolute Gasteiger partial charge is 0.192 e. The summed E-state index contributed by atoms with van der Waals surface area (Å²) in [7, 11) is 1.90. The highest BCUT2D eigenvalue weighted by Gasteiger charge is 2.50. The normalized spacial score (nSPS) is 32.9. The van der Waals surface area contributed by atoms with Crippen LogP contribution in [0.25, 0.3) is 0 Å². The Morgan fingerprint density at radius 3 is 2.50 bits per heavy atom. The Hall–Kier alpha value is 0.560. The lowest BCUT2D eigenvalue weighted by molar-refractivity contribution is -0.0660. The van der Waals surface area contributed by atoms with Crippen LogP contribution >= 0.6 is 45.2 Å². The zero-order valence-electron chi connectivity index (χ0n) is 11.2. The Balaban J connectivity index is 2.68. The topological polar surface area (TPSA) is 21.1 Å². The van der Waals surface area contributed by atoms with Crippen molar-refractivity contribution < 1.29 is 4.39 Å². The quantitative estimate of drug-likeness (QED) is 0.349. The SMILES string of the molecule is CC1c2c(c(I)nn2C)C(C)(F)N(C(C)C)C1I. The summed E-state index contributed by atoms with van der Waals surface area (Å²) in [6.45, 7) is 7.90. The standard InChI is InChI=1S/C12H18FI2N3/c1-6(2)18-11(15)7(3)9-8(12(18,4)13)10(14)16-17(9)5/h6-7,11H,1-5H3. The molecule has 3 atom stereocenters. The van der Waals surface area contributed by atoms with Crippen LogP contribution in [-0.4, -0.2) is 24.8 Å². The molecule has 3 nitrogen and oxygen atoms in total. The van der Waals surface area contributed by atoms with E-state index in [1.807, 2.05) is 30.5 Å². The molecule has 1 aromatic rings. The number of hydrogen-bond donors (Lipinski definition) is 0. The maximum atomic E-state index is 15.3. The molecule has 1 aromatic heterocycles. The van der Waals surface area contributed by atoms with Crippen LogP contribution in [0.1, 0.15) is 44.9 Å². The highest BCUT2D eigenvalue weighted by atomic mass is 127. The lowest BCUT2D eigenvalue weighted by Crippen LogP contribution is -2.54. The van der Waals surface area contributed by atoms with Crippen molar-refractivity contribution in [3.05, 3.63) is 15.0 Å². The van der Waals surface area contributed by atoms with E-state index in [9.17, 15) is 0 Å². The van der Waals surface area contributed by atoms with Gasteiger partial charge in [0.25, 0.3) is 0 Å². The molecule has 1 aliphatic heterocycles. The van der Waals surface area contributed by atoms with Gasteiger partial charge in [0.1, 0.15) is 3.70 Å². The van der Waals surface area contributed by atoms with Crippen molar-refractivity contribution in [1.29, 1.82) is 0 Å². The fourth-order valence-electron chi connectivity index (χ4n) is 2.95. The molecule has 0 spiro atoms. The van der Waals surface area contributed by atoms with Crippen LogP contribution < -0.4 is 0 Å². The van der Waals surface area contributed by atoms with E-state index in [4.69, 9.17) is 0 Å². The molecule has 0 amide bonds. The number of halogens is 3. The zero-order valence-corrected chi connectivity index (χ0v) is 15.5. The van der Waals surface area contributed by atoms with Gasteiger partial charge >= 0.3 is 0 Å². The molecule has 0 saturated heterocycles. The number of hydrogen-bond acceptors (Lipinski definition) is 2. The summed E-state index contributed by atoms with van der Waals surface area (Å²) in [5, 5.41) is 4.40. The fraction of sp³-hybridized carbons (Fsp3) is 0.750. The molecule has 102 valence electrons. The van der Waals surface area contributed by atoms with Crippen molar-refractivity contribution in [3.63, 3.8) is 0 Å². The summed E-state index contributed by atoms with van der Waals surface area (Å²) in [6.07, 6.45) is 0. The number of aromatic nitrogens is 2. The monoisotopic (exact) mass is 477 g/mol. The van der Waals surface area contributed by atoms with Crippen LogP contribution in [0.2, 0.25) is 0 Å². The Morgan fingerprint density at radius 1 is 1.44 bits per heavy atom. The predicted octanol–water partition coefficient (Wildman–Crippen LogP) is 3.76. The van der Waals surface area contributed by atoms with Gasteiger partial charge in [-0.1, -0.05) is 29.5 Å². The van der Waals surface area contributed by atoms with Gasteiger partial charge < -0.3 is 0 Å². The highest BCUT2D eigenvalue weighted by molar-refractivity contribution is 14.1. The number of rotatable bonds is 1. The second kappa shape index (κ2) is 4.83. The molecular weight excluding hydrogens is 459 g/mol. The van der Waals surface area contributed by atoms with Crippen LogP contribution in [0.15, 0.2) is 0 Å². The molecule has 3 unspecified atom stereocenters. The first-order chi connectivity index (χ1) is 8.19. The summed E-state index contributed by atoms with van der Waals surface area (Å²) in [5.74, 6) is -1.18. The van der Waals surface area contributed by atoms with Crippen molar-refractivity contribution in [2.45, 2.75) is 49.5 Å². The summed E-state index contributed by atoms with van der Waals surface area (Å²) in [4.78, 5) is 1.95. The molecule has 18 heavy (non-hydrogen) atoms. The van der Waals surface area contributed by atoms with Gasteiger partial charge in [-0.2, -0.15) is 5.10 Å². The summed E-state index contributed by atoms with van der Waals surface area (Å²) >= 11 is 4.49. The average molecular weight is 477 g/mol. The van der Waals surface area contributed by atoms with E-state index < -0.39 is 5.79 Å². The van der Waals surface area contributed by atoms with E-state index in [-0.39, 0.29) is 16.0 Å². The number of aryl methyl sites for hydroxylation is 1. The molecule has 0 N–H and O–H groups in total. The van der Waals surface area contributed by atoms with E-state index in [0.29, 0.717) is 0 Å². The van der Waals surface area contributed by atoms with Crippen molar-refractivity contribution in [2.75, 3.05) is 0 Å². The van der Waals surface area contributed by atoms with Crippen LogP contribution in [0.4, 0.5) is 4.39 Å². The number of fused-ring (bicyclic) bond motifs is 1. The lowest BCUT2D eigenvalue weighted by Gasteiger charge is -2.47. The van der Waals surface area contributed by atoms with Gasteiger partial charge in [-0.3, -0.25) is 9.58 Å². The molecule has 2 heterocycles. The highest BCUT2D eigenvalue weighted by Crippen LogP contribution is 2.49. The molecule has 2 rings (SSSR count). The third kappa shape index (κ3) is 2.02. The molecule has 6 heteroatoms. The Bertz CT molecular complexity index is 470. The molecular formula is C12H18FI2N3. The maximum Gasteiger partial charge on any atom is 0.192 e.